The number of hydrogen-bond acceptors (Lipinski definition) is 2. The standard InChI is InChI=1S/C12H16O2/c1-3-6-12(13)14-11-8-5-7-10(4-2)9-11/h5,7-9H,3-4,6H2,1-2H3. The van der Waals surface area contributed by atoms with Gasteiger partial charge in [0.15, 0.2) is 0 Å². The quantitative estimate of drug-likeness (QED) is 0.541. The first-order valence-corrected chi connectivity index (χ1v) is 5.06. The van der Waals surface area contributed by atoms with Crippen molar-refractivity contribution < 1.29 is 9.53 Å². The molecule has 0 radical (unpaired) electrons. The Morgan fingerprint density at radius 2 is 2.14 bits per heavy atom. The third kappa shape index (κ3) is 3.21. The molecule has 0 N–H and O–H groups in total. The number of ether oxygens (including phenoxy) is 1. The lowest BCUT2D eigenvalue weighted by Crippen LogP contribution is -2.06. The first kappa shape index (κ1) is 10.8. The fourth-order valence-corrected chi connectivity index (χ4v) is 1.22. The molecule has 0 unspecified atom stereocenters. The second kappa shape index (κ2) is 5.43. The van der Waals surface area contributed by atoms with E-state index in [4.69, 9.17) is 4.74 Å². The van der Waals surface area contributed by atoms with Gasteiger partial charge in [0.25, 0.3) is 0 Å². The van der Waals surface area contributed by atoms with Gasteiger partial charge in [-0.2, -0.15) is 0 Å². The molecule has 1 rings (SSSR count). The van der Waals surface area contributed by atoms with E-state index in [2.05, 4.69) is 6.92 Å². The van der Waals surface area contributed by atoms with Crippen LogP contribution in [0.4, 0.5) is 0 Å². The van der Waals surface area contributed by atoms with Crippen molar-refractivity contribution in [1.82, 2.24) is 0 Å². The van der Waals surface area contributed by atoms with Crippen LogP contribution in [0.3, 0.4) is 0 Å². The summed E-state index contributed by atoms with van der Waals surface area (Å²) < 4.78 is 5.16. The molecule has 14 heavy (non-hydrogen) atoms. The average Bonchev–Trinajstić information content (AvgIpc) is 2.18. The van der Waals surface area contributed by atoms with Crippen molar-refractivity contribution in [3.05, 3.63) is 29.8 Å². The van der Waals surface area contributed by atoms with Crippen molar-refractivity contribution in [3.8, 4) is 5.75 Å². The second-order valence-corrected chi connectivity index (χ2v) is 3.23. The topological polar surface area (TPSA) is 26.3 Å². The van der Waals surface area contributed by atoms with Crippen LogP contribution in [-0.4, -0.2) is 5.97 Å². The van der Waals surface area contributed by atoms with E-state index in [0.717, 1.165) is 12.8 Å². The van der Waals surface area contributed by atoms with Gasteiger partial charge in [0.2, 0.25) is 0 Å². The minimum Gasteiger partial charge on any atom is -0.427 e. The van der Waals surface area contributed by atoms with Crippen LogP contribution in [0.15, 0.2) is 24.3 Å². The zero-order valence-corrected chi connectivity index (χ0v) is 8.75. The zero-order valence-electron chi connectivity index (χ0n) is 8.75. The zero-order chi connectivity index (χ0) is 10.4. The second-order valence-electron chi connectivity index (χ2n) is 3.23. The van der Waals surface area contributed by atoms with E-state index in [1.807, 2.05) is 31.2 Å². The van der Waals surface area contributed by atoms with Crippen molar-refractivity contribution in [2.24, 2.45) is 0 Å². The van der Waals surface area contributed by atoms with E-state index in [1.165, 1.54) is 5.56 Å². The maximum absolute atomic E-state index is 11.2. The molecule has 0 saturated heterocycles. The van der Waals surface area contributed by atoms with Crippen molar-refractivity contribution in [3.63, 3.8) is 0 Å². The summed E-state index contributed by atoms with van der Waals surface area (Å²) in [4.78, 5) is 11.2. The molecule has 1 aromatic rings. The minimum atomic E-state index is -0.152. The lowest BCUT2D eigenvalue weighted by atomic mass is 10.2. The summed E-state index contributed by atoms with van der Waals surface area (Å²) >= 11 is 0. The molecular formula is C12H16O2. The predicted molar refractivity (Wildman–Crippen MR) is 56.4 cm³/mol. The van der Waals surface area contributed by atoms with Gasteiger partial charge in [0, 0.05) is 6.42 Å². The fraction of sp³-hybridized carbons (Fsp3) is 0.417. The Kier molecular flexibility index (Phi) is 4.17. The Hall–Kier alpha value is -1.31. The fourth-order valence-electron chi connectivity index (χ4n) is 1.22. The number of benzene rings is 1. The minimum absolute atomic E-state index is 0.152. The third-order valence-electron chi connectivity index (χ3n) is 1.99. The van der Waals surface area contributed by atoms with Crippen LogP contribution in [0.1, 0.15) is 32.3 Å². The van der Waals surface area contributed by atoms with Crippen molar-refractivity contribution in [2.45, 2.75) is 33.1 Å². The summed E-state index contributed by atoms with van der Waals surface area (Å²) in [7, 11) is 0. The van der Waals surface area contributed by atoms with Crippen LogP contribution in [0, 0.1) is 0 Å². The van der Waals surface area contributed by atoms with Gasteiger partial charge in [-0.1, -0.05) is 26.0 Å². The highest BCUT2D eigenvalue weighted by Gasteiger charge is 2.02. The molecule has 0 fully saturated rings. The van der Waals surface area contributed by atoms with Crippen LogP contribution >= 0.6 is 0 Å². The van der Waals surface area contributed by atoms with Crippen LogP contribution in [0.2, 0.25) is 0 Å². The molecule has 0 aliphatic rings. The Bertz CT molecular complexity index is 305. The van der Waals surface area contributed by atoms with E-state index in [-0.39, 0.29) is 5.97 Å². The van der Waals surface area contributed by atoms with Crippen LogP contribution < -0.4 is 4.74 Å². The van der Waals surface area contributed by atoms with Gasteiger partial charge >= 0.3 is 5.97 Å². The van der Waals surface area contributed by atoms with Gasteiger partial charge in [-0.3, -0.25) is 4.79 Å². The Balaban J connectivity index is 2.62. The molecule has 0 atom stereocenters. The van der Waals surface area contributed by atoms with Crippen molar-refractivity contribution in [1.29, 1.82) is 0 Å². The molecular weight excluding hydrogens is 176 g/mol. The monoisotopic (exact) mass is 192 g/mol. The number of aryl methyl sites for hydroxylation is 1. The van der Waals surface area contributed by atoms with E-state index in [0.29, 0.717) is 12.2 Å². The number of carbonyl (C=O) groups is 1. The highest BCUT2D eigenvalue weighted by Crippen LogP contribution is 2.14. The summed E-state index contributed by atoms with van der Waals surface area (Å²) in [5, 5.41) is 0. The van der Waals surface area contributed by atoms with Gasteiger partial charge in [-0.05, 0) is 30.5 Å². The molecule has 0 aliphatic carbocycles. The SMILES string of the molecule is CCCC(=O)Oc1cccc(CC)c1. The normalized spacial score (nSPS) is 9.86. The summed E-state index contributed by atoms with van der Waals surface area (Å²) in [6.07, 6.45) is 2.27. The molecule has 0 heterocycles. The van der Waals surface area contributed by atoms with E-state index < -0.39 is 0 Å². The van der Waals surface area contributed by atoms with Crippen LogP contribution in [0.25, 0.3) is 0 Å². The highest BCUT2D eigenvalue weighted by molar-refractivity contribution is 5.72. The van der Waals surface area contributed by atoms with E-state index in [9.17, 15) is 4.79 Å². The largest absolute Gasteiger partial charge is 0.427 e. The Morgan fingerprint density at radius 3 is 2.79 bits per heavy atom. The number of carbonyl (C=O) groups excluding carboxylic acids is 1. The number of esters is 1. The molecule has 0 amide bonds. The molecule has 0 bridgehead atoms. The number of hydrogen-bond donors (Lipinski definition) is 0. The number of rotatable bonds is 4. The predicted octanol–water partition coefficient (Wildman–Crippen LogP) is 2.95. The Labute approximate surface area is 84.9 Å². The van der Waals surface area contributed by atoms with Gasteiger partial charge in [-0.25, -0.2) is 0 Å². The molecule has 2 heteroatoms. The maximum atomic E-state index is 11.2. The molecule has 0 aliphatic heterocycles. The van der Waals surface area contributed by atoms with Crippen LogP contribution in [-0.2, 0) is 11.2 Å². The van der Waals surface area contributed by atoms with Crippen molar-refractivity contribution >= 4 is 5.97 Å². The smallest absolute Gasteiger partial charge is 0.311 e. The van der Waals surface area contributed by atoms with Gasteiger partial charge in [0.05, 0.1) is 0 Å². The third-order valence-corrected chi connectivity index (χ3v) is 1.99. The van der Waals surface area contributed by atoms with Gasteiger partial charge < -0.3 is 4.74 Å². The van der Waals surface area contributed by atoms with Gasteiger partial charge in [-0.15, -0.1) is 0 Å². The molecule has 0 aromatic heterocycles. The Morgan fingerprint density at radius 1 is 1.36 bits per heavy atom. The highest BCUT2D eigenvalue weighted by atomic mass is 16.5. The molecule has 0 saturated carbocycles. The summed E-state index contributed by atoms with van der Waals surface area (Å²) in [5.74, 6) is 0.503. The van der Waals surface area contributed by atoms with E-state index in [1.54, 1.807) is 0 Å². The average molecular weight is 192 g/mol. The summed E-state index contributed by atoms with van der Waals surface area (Å²) in [6.45, 7) is 4.04. The first-order valence-electron chi connectivity index (χ1n) is 5.06. The van der Waals surface area contributed by atoms with Gasteiger partial charge in [0.1, 0.15) is 5.75 Å². The molecule has 1 aromatic carbocycles. The molecule has 0 spiro atoms. The van der Waals surface area contributed by atoms with E-state index >= 15 is 0 Å². The first-order chi connectivity index (χ1) is 6.76. The molecule has 76 valence electrons. The summed E-state index contributed by atoms with van der Waals surface area (Å²) in [5.41, 5.74) is 1.19. The lowest BCUT2D eigenvalue weighted by Gasteiger charge is -2.04. The van der Waals surface area contributed by atoms with Crippen LogP contribution in [0.5, 0.6) is 5.75 Å². The lowest BCUT2D eigenvalue weighted by molar-refractivity contribution is -0.134. The van der Waals surface area contributed by atoms with Crippen molar-refractivity contribution in [2.75, 3.05) is 0 Å². The summed E-state index contributed by atoms with van der Waals surface area (Å²) in [6, 6.07) is 7.66. The molecule has 2 nitrogen and oxygen atoms in total. The maximum Gasteiger partial charge on any atom is 0.311 e.